The summed E-state index contributed by atoms with van der Waals surface area (Å²) in [7, 11) is 0. The molecule has 3 heterocycles. The molecule has 1 N–H and O–H groups in total. The van der Waals surface area contributed by atoms with Crippen LogP contribution < -0.4 is 15.6 Å². The zero-order valence-corrected chi connectivity index (χ0v) is 18.7. The number of fused-ring (bicyclic) bond motifs is 5. The summed E-state index contributed by atoms with van der Waals surface area (Å²) in [5.74, 6) is 0.454. The molecule has 3 aromatic heterocycles. The molecule has 0 saturated heterocycles. The first-order chi connectivity index (χ1) is 16.0. The Morgan fingerprint density at radius 1 is 1.18 bits per heavy atom. The topological polar surface area (TPSA) is 72.7 Å². The van der Waals surface area contributed by atoms with Crippen molar-refractivity contribution in [1.29, 1.82) is 0 Å². The lowest BCUT2D eigenvalue weighted by molar-refractivity contribution is -0.123. The molecule has 6 heteroatoms. The van der Waals surface area contributed by atoms with Crippen LogP contribution in [0.15, 0.2) is 66.1 Å². The van der Waals surface area contributed by atoms with E-state index < -0.39 is 0 Å². The van der Waals surface area contributed by atoms with Crippen LogP contribution in [0.4, 0.5) is 0 Å². The summed E-state index contributed by atoms with van der Waals surface area (Å²) in [5, 5.41) is 6.26. The molecule has 5 rings (SSSR count). The van der Waals surface area contributed by atoms with Crippen LogP contribution in [0.25, 0.3) is 38.1 Å². The molecule has 5 aromatic rings. The van der Waals surface area contributed by atoms with Crippen LogP contribution in [-0.2, 0) is 11.2 Å². The molecule has 0 spiro atoms. The number of benzene rings is 2. The fourth-order valence-corrected chi connectivity index (χ4v) is 4.55. The molecular weight excluding hydrogens is 414 g/mol. The van der Waals surface area contributed by atoms with Gasteiger partial charge in [0.15, 0.2) is 6.61 Å². The van der Waals surface area contributed by atoms with Gasteiger partial charge in [-0.15, -0.1) is 6.58 Å². The fourth-order valence-electron chi connectivity index (χ4n) is 4.55. The van der Waals surface area contributed by atoms with Crippen LogP contribution in [0.3, 0.4) is 0 Å². The van der Waals surface area contributed by atoms with E-state index in [2.05, 4.69) is 16.9 Å². The summed E-state index contributed by atoms with van der Waals surface area (Å²) in [6.07, 6.45) is 4.98. The molecule has 0 bridgehead atoms. The minimum Gasteiger partial charge on any atom is -0.483 e. The summed E-state index contributed by atoms with van der Waals surface area (Å²) in [4.78, 5) is 30.4. The van der Waals surface area contributed by atoms with Gasteiger partial charge in [0.25, 0.3) is 11.5 Å². The van der Waals surface area contributed by atoms with Crippen molar-refractivity contribution in [2.75, 3.05) is 6.61 Å². The lowest BCUT2D eigenvalue weighted by atomic mass is 10.0. The van der Waals surface area contributed by atoms with Crippen LogP contribution in [0.2, 0.25) is 0 Å². The average molecular weight is 440 g/mol. The van der Waals surface area contributed by atoms with E-state index >= 15 is 0 Å². The second kappa shape index (κ2) is 8.20. The highest BCUT2D eigenvalue weighted by Crippen LogP contribution is 2.38. The van der Waals surface area contributed by atoms with Gasteiger partial charge in [-0.25, -0.2) is 0 Å². The second-order valence-electron chi connectivity index (χ2n) is 8.34. The van der Waals surface area contributed by atoms with Gasteiger partial charge in [-0.3, -0.25) is 19.0 Å². The van der Waals surface area contributed by atoms with E-state index in [0.29, 0.717) is 17.6 Å². The Morgan fingerprint density at radius 2 is 1.97 bits per heavy atom. The van der Waals surface area contributed by atoms with Crippen molar-refractivity contribution in [2.45, 2.75) is 32.7 Å². The number of ether oxygens (including phenoxy) is 1. The van der Waals surface area contributed by atoms with Gasteiger partial charge in [0.05, 0.1) is 16.6 Å². The third-order valence-corrected chi connectivity index (χ3v) is 6.25. The number of hydrogen-bond acceptors (Lipinski definition) is 4. The Hall–Kier alpha value is -3.93. The van der Waals surface area contributed by atoms with Crippen LogP contribution in [-0.4, -0.2) is 27.9 Å². The summed E-state index contributed by atoms with van der Waals surface area (Å²) >= 11 is 0. The molecular formula is C27H25N3O3. The van der Waals surface area contributed by atoms with Crippen molar-refractivity contribution in [1.82, 2.24) is 14.7 Å². The quantitative estimate of drug-likeness (QED) is 0.297. The summed E-state index contributed by atoms with van der Waals surface area (Å²) < 4.78 is 7.71. The van der Waals surface area contributed by atoms with Crippen molar-refractivity contribution in [2.24, 2.45) is 0 Å². The van der Waals surface area contributed by atoms with Crippen molar-refractivity contribution in [3.63, 3.8) is 0 Å². The average Bonchev–Trinajstić information content (AvgIpc) is 3.17. The Morgan fingerprint density at radius 3 is 2.73 bits per heavy atom. The van der Waals surface area contributed by atoms with Crippen molar-refractivity contribution >= 4 is 44.0 Å². The third-order valence-electron chi connectivity index (χ3n) is 6.25. The third kappa shape index (κ3) is 3.30. The highest BCUT2D eigenvalue weighted by atomic mass is 16.5. The lowest BCUT2D eigenvalue weighted by Gasteiger charge is -2.14. The largest absolute Gasteiger partial charge is 0.483 e. The first-order valence-corrected chi connectivity index (χ1v) is 11.2. The highest BCUT2D eigenvalue weighted by molar-refractivity contribution is 6.19. The number of carbonyl (C=O) groups excluding carboxylic acids is 1. The number of carbonyl (C=O) groups is 1. The van der Waals surface area contributed by atoms with E-state index in [1.165, 1.54) is 0 Å². The Labute approximate surface area is 190 Å². The molecule has 1 amide bonds. The number of allylic oxidation sites excluding steroid dienone is 1. The number of aromatic nitrogens is 2. The Balaban J connectivity index is 1.75. The number of nitrogens with one attached hydrogen (secondary N) is 1. The van der Waals surface area contributed by atoms with Crippen molar-refractivity contribution in [3.8, 4) is 5.75 Å². The maximum atomic E-state index is 13.5. The van der Waals surface area contributed by atoms with Crippen molar-refractivity contribution in [3.05, 3.63) is 77.2 Å². The van der Waals surface area contributed by atoms with Gasteiger partial charge in [-0.2, -0.15) is 0 Å². The SMILES string of the molecule is C=CCc1c(OCC(=O)N[C@@H](C)CC)ccc2c1c1ccnc3c4ccccc4c(=O)n2c13. The molecule has 33 heavy (non-hydrogen) atoms. The molecule has 0 unspecified atom stereocenters. The zero-order valence-electron chi connectivity index (χ0n) is 18.7. The van der Waals surface area contributed by atoms with Gasteiger partial charge in [0, 0.05) is 39.3 Å². The number of nitrogens with zero attached hydrogens (tertiary/aromatic N) is 2. The van der Waals surface area contributed by atoms with Gasteiger partial charge in [-0.1, -0.05) is 31.2 Å². The van der Waals surface area contributed by atoms with Crippen molar-refractivity contribution < 1.29 is 9.53 Å². The fraction of sp³-hybridized carbons (Fsp3) is 0.222. The Kier molecular flexibility index (Phi) is 5.21. The highest BCUT2D eigenvalue weighted by Gasteiger charge is 2.21. The smallest absolute Gasteiger partial charge is 0.263 e. The van der Waals surface area contributed by atoms with Gasteiger partial charge in [0.2, 0.25) is 0 Å². The van der Waals surface area contributed by atoms with Gasteiger partial charge < -0.3 is 10.1 Å². The number of hydrogen-bond donors (Lipinski definition) is 1. The van der Waals surface area contributed by atoms with Crippen LogP contribution in [0, 0.1) is 0 Å². The van der Waals surface area contributed by atoms with Gasteiger partial charge in [0.1, 0.15) is 5.75 Å². The molecule has 166 valence electrons. The van der Waals surface area contributed by atoms with Gasteiger partial charge in [-0.05, 0) is 44.0 Å². The number of rotatable bonds is 7. The van der Waals surface area contributed by atoms with E-state index in [0.717, 1.165) is 44.7 Å². The van der Waals surface area contributed by atoms with Gasteiger partial charge >= 0.3 is 0 Å². The molecule has 0 saturated carbocycles. The minimum absolute atomic E-state index is 0.0720. The molecule has 1 atom stereocenters. The van der Waals surface area contributed by atoms with E-state index in [4.69, 9.17) is 4.74 Å². The maximum absolute atomic E-state index is 13.5. The predicted molar refractivity (Wildman–Crippen MR) is 132 cm³/mol. The van der Waals surface area contributed by atoms with E-state index in [9.17, 15) is 9.59 Å². The number of pyridine rings is 2. The van der Waals surface area contributed by atoms with E-state index in [1.807, 2.05) is 62.4 Å². The number of amides is 1. The summed E-state index contributed by atoms with van der Waals surface area (Å²) in [6.45, 7) is 7.82. The van der Waals surface area contributed by atoms with E-state index in [-0.39, 0.29) is 24.1 Å². The Bertz CT molecular complexity index is 1590. The second-order valence-corrected chi connectivity index (χ2v) is 8.34. The molecule has 2 aromatic carbocycles. The predicted octanol–water partition coefficient (Wildman–Crippen LogP) is 4.61. The first-order valence-electron chi connectivity index (χ1n) is 11.2. The molecule has 0 aliphatic carbocycles. The van der Waals surface area contributed by atoms with Crippen LogP contribution >= 0.6 is 0 Å². The minimum atomic E-state index is -0.161. The zero-order chi connectivity index (χ0) is 23.1. The normalized spacial score (nSPS) is 12.5. The molecule has 0 fully saturated rings. The molecule has 0 aliphatic heterocycles. The first kappa shape index (κ1) is 20.9. The van der Waals surface area contributed by atoms with Crippen LogP contribution in [0.1, 0.15) is 25.8 Å². The lowest BCUT2D eigenvalue weighted by Crippen LogP contribution is -2.35. The maximum Gasteiger partial charge on any atom is 0.263 e. The van der Waals surface area contributed by atoms with E-state index in [1.54, 1.807) is 10.6 Å². The standard InChI is InChI=1S/C27H25N3O3/c1-4-8-19-22(33-15-23(31)29-16(3)5-2)12-11-21-24(19)20-13-14-28-25-17-9-6-7-10-18(17)27(32)30(21)26(20)25/h4,6-7,9-14,16H,1,5,8,15H2,2-3H3,(H,29,31)/t16-/m0/s1. The molecule has 0 aliphatic rings. The summed E-state index contributed by atoms with van der Waals surface area (Å²) in [5.41, 5.74) is 3.22. The molecule has 6 nitrogen and oxygen atoms in total. The summed E-state index contributed by atoms with van der Waals surface area (Å²) in [6, 6.07) is 13.3. The molecule has 0 radical (unpaired) electrons. The van der Waals surface area contributed by atoms with Crippen LogP contribution in [0.5, 0.6) is 5.75 Å². The monoisotopic (exact) mass is 439 g/mol.